The second-order valence-electron chi connectivity index (χ2n) is 5.96. The van der Waals surface area contributed by atoms with Crippen LogP contribution in [0.5, 0.6) is 0 Å². The van der Waals surface area contributed by atoms with Crippen molar-refractivity contribution >= 4 is 12.1 Å². The molecule has 0 spiro atoms. The van der Waals surface area contributed by atoms with Crippen molar-refractivity contribution < 1.29 is 9.53 Å². The summed E-state index contributed by atoms with van der Waals surface area (Å²) in [7, 11) is 0. The number of carbonyl (C=O) groups excluding carboxylic acids is 1. The van der Waals surface area contributed by atoms with Crippen LogP contribution in [0.1, 0.15) is 47.0 Å². The molecule has 0 saturated heterocycles. The molecule has 1 aliphatic rings. The first-order valence-corrected chi connectivity index (χ1v) is 7.42. The van der Waals surface area contributed by atoms with Crippen LogP contribution < -0.4 is 16.0 Å². The normalized spacial score (nSPS) is 15.7. The zero-order chi connectivity index (χ0) is 15.0. The van der Waals surface area contributed by atoms with Gasteiger partial charge in [0.15, 0.2) is 5.96 Å². The lowest BCUT2D eigenvalue weighted by atomic mass is 10.2. The van der Waals surface area contributed by atoms with Gasteiger partial charge in [-0.25, -0.2) is 4.79 Å². The van der Waals surface area contributed by atoms with Gasteiger partial charge in [0.1, 0.15) is 5.60 Å². The monoisotopic (exact) mass is 284 g/mol. The molecule has 0 aromatic heterocycles. The molecule has 0 atom stereocenters. The molecule has 20 heavy (non-hydrogen) atoms. The highest BCUT2D eigenvalue weighted by Gasteiger charge is 2.22. The predicted molar refractivity (Wildman–Crippen MR) is 81.0 cm³/mol. The molecule has 0 bridgehead atoms. The number of guanidine groups is 1. The first-order chi connectivity index (χ1) is 9.40. The Morgan fingerprint density at radius 2 is 2.00 bits per heavy atom. The van der Waals surface area contributed by atoms with Gasteiger partial charge in [0.2, 0.25) is 0 Å². The highest BCUT2D eigenvalue weighted by atomic mass is 16.6. The number of ether oxygens (including phenoxy) is 1. The summed E-state index contributed by atoms with van der Waals surface area (Å²) in [5.74, 6) is 0.868. The van der Waals surface area contributed by atoms with Crippen molar-refractivity contribution in [2.24, 2.45) is 4.99 Å². The Labute approximate surface area is 121 Å². The molecule has 1 amide bonds. The van der Waals surface area contributed by atoms with Crippen LogP contribution in [-0.2, 0) is 4.74 Å². The largest absolute Gasteiger partial charge is 0.444 e. The molecule has 1 saturated carbocycles. The van der Waals surface area contributed by atoms with Crippen LogP contribution in [0.15, 0.2) is 4.99 Å². The highest BCUT2D eigenvalue weighted by molar-refractivity contribution is 5.80. The van der Waals surface area contributed by atoms with Gasteiger partial charge >= 0.3 is 6.09 Å². The maximum atomic E-state index is 11.4. The molecular formula is C14H28N4O2. The number of hydrogen-bond donors (Lipinski definition) is 3. The van der Waals surface area contributed by atoms with Gasteiger partial charge in [-0.15, -0.1) is 0 Å². The molecule has 1 fully saturated rings. The van der Waals surface area contributed by atoms with Crippen LogP contribution in [0.4, 0.5) is 4.79 Å². The SMILES string of the molecule is CCNC(=NCCCNC(=O)OC(C)(C)C)NC1CC1. The van der Waals surface area contributed by atoms with Crippen LogP contribution in [-0.4, -0.2) is 43.3 Å². The molecule has 0 radical (unpaired) electrons. The summed E-state index contributed by atoms with van der Waals surface area (Å²) in [6.07, 6.45) is 2.87. The molecule has 0 aromatic carbocycles. The third-order valence-corrected chi connectivity index (χ3v) is 2.54. The van der Waals surface area contributed by atoms with Gasteiger partial charge in [-0.3, -0.25) is 4.99 Å². The van der Waals surface area contributed by atoms with Crippen LogP contribution in [0, 0.1) is 0 Å². The molecule has 1 aliphatic carbocycles. The molecular weight excluding hydrogens is 256 g/mol. The van der Waals surface area contributed by atoms with E-state index in [1.165, 1.54) is 12.8 Å². The Hall–Kier alpha value is -1.46. The summed E-state index contributed by atoms with van der Waals surface area (Å²) >= 11 is 0. The predicted octanol–water partition coefficient (Wildman–Crippen LogP) is 1.62. The summed E-state index contributed by atoms with van der Waals surface area (Å²) in [5, 5.41) is 9.29. The molecule has 3 N–H and O–H groups in total. The minimum atomic E-state index is -0.450. The van der Waals surface area contributed by atoms with Crippen molar-refractivity contribution in [1.82, 2.24) is 16.0 Å². The van der Waals surface area contributed by atoms with E-state index in [2.05, 4.69) is 20.9 Å². The summed E-state index contributed by atoms with van der Waals surface area (Å²) in [4.78, 5) is 15.9. The zero-order valence-electron chi connectivity index (χ0n) is 13.1. The molecule has 0 aliphatic heterocycles. The van der Waals surface area contributed by atoms with Crippen molar-refractivity contribution in [3.8, 4) is 0 Å². The fourth-order valence-electron chi connectivity index (χ4n) is 1.52. The minimum absolute atomic E-state index is 0.371. The van der Waals surface area contributed by atoms with Crippen molar-refractivity contribution in [1.29, 1.82) is 0 Å². The van der Waals surface area contributed by atoms with Gasteiger partial charge < -0.3 is 20.7 Å². The average Bonchev–Trinajstić information content (AvgIpc) is 3.10. The van der Waals surface area contributed by atoms with Gasteiger partial charge in [-0.05, 0) is 47.0 Å². The summed E-state index contributed by atoms with van der Waals surface area (Å²) in [5.41, 5.74) is -0.450. The van der Waals surface area contributed by atoms with E-state index in [-0.39, 0.29) is 6.09 Å². The Kier molecular flexibility index (Phi) is 6.61. The van der Waals surface area contributed by atoms with Crippen molar-refractivity contribution in [3.63, 3.8) is 0 Å². The highest BCUT2D eigenvalue weighted by Crippen LogP contribution is 2.18. The molecule has 6 heteroatoms. The maximum Gasteiger partial charge on any atom is 0.407 e. The van der Waals surface area contributed by atoms with Crippen LogP contribution in [0.3, 0.4) is 0 Å². The fourth-order valence-corrected chi connectivity index (χ4v) is 1.52. The van der Waals surface area contributed by atoms with E-state index in [4.69, 9.17) is 4.74 Å². The summed E-state index contributed by atoms with van der Waals surface area (Å²) in [6.45, 7) is 9.71. The van der Waals surface area contributed by atoms with E-state index >= 15 is 0 Å². The number of aliphatic imine (C=N–C) groups is 1. The molecule has 6 nitrogen and oxygen atoms in total. The van der Waals surface area contributed by atoms with E-state index < -0.39 is 5.60 Å². The lowest BCUT2D eigenvalue weighted by Gasteiger charge is -2.19. The molecule has 0 aromatic rings. The van der Waals surface area contributed by atoms with Crippen LogP contribution in [0.25, 0.3) is 0 Å². The van der Waals surface area contributed by atoms with E-state index in [0.717, 1.165) is 18.9 Å². The lowest BCUT2D eigenvalue weighted by Crippen LogP contribution is -2.38. The fraction of sp³-hybridized carbons (Fsp3) is 0.857. The number of alkyl carbamates (subject to hydrolysis) is 1. The van der Waals surface area contributed by atoms with Crippen molar-refractivity contribution in [2.75, 3.05) is 19.6 Å². The number of carbonyl (C=O) groups is 1. The minimum Gasteiger partial charge on any atom is -0.444 e. The number of nitrogens with one attached hydrogen (secondary N) is 3. The summed E-state index contributed by atoms with van der Waals surface area (Å²) in [6, 6.07) is 0.590. The molecule has 116 valence electrons. The van der Waals surface area contributed by atoms with E-state index in [9.17, 15) is 4.79 Å². The molecule has 0 unspecified atom stereocenters. The first-order valence-electron chi connectivity index (χ1n) is 7.42. The third-order valence-electron chi connectivity index (χ3n) is 2.54. The quantitative estimate of drug-likeness (QED) is 0.393. The standard InChI is InChI=1S/C14H28N4O2/c1-5-15-12(18-11-7-8-11)16-9-6-10-17-13(19)20-14(2,3)4/h11H,5-10H2,1-4H3,(H,17,19)(H2,15,16,18). The van der Waals surface area contributed by atoms with Gasteiger partial charge in [0.05, 0.1) is 0 Å². The first kappa shape index (κ1) is 16.6. The van der Waals surface area contributed by atoms with Crippen molar-refractivity contribution in [3.05, 3.63) is 0 Å². The number of hydrogen-bond acceptors (Lipinski definition) is 3. The Bertz CT molecular complexity index is 333. The Balaban J connectivity index is 2.13. The van der Waals surface area contributed by atoms with Crippen LogP contribution in [0.2, 0.25) is 0 Å². The Morgan fingerprint density at radius 1 is 1.30 bits per heavy atom. The van der Waals surface area contributed by atoms with E-state index in [1.807, 2.05) is 27.7 Å². The second kappa shape index (κ2) is 7.97. The Morgan fingerprint density at radius 3 is 2.55 bits per heavy atom. The topological polar surface area (TPSA) is 74.8 Å². The van der Waals surface area contributed by atoms with E-state index in [0.29, 0.717) is 19.1 Å². The van der Waals surface area contributed by atoms with E-state index in [1.54, 1.807) is 0 Å². The zero-order valence-corrected chi connectivity index (χ0v) is 13.1. The number of nitrogens with zero attached hydrogens (tertiary/aromatic N) is 1. The lowest BCUT2D eigenvalue weighted by molar-refractivity contribution is 0.0527. The van der Waals surface area contributed by atoms with Crippen molar-refractivity contribution in [2.45, 2.75) is 58.6 Å². The maximum absolute atomic E-state index is 11.4. The molecule has 1 rings (SSSR count). The van der Waals surface area contributed by atoms with Gasteiger partial charge in [0, 0.05) is 25.7 Å². The average molecular weight is 284 g/mol. The third kappa shape index (κ3) is 8.61. The molecule has 0 heterocycles. The summed E-state index contributed by atoms with van der Waals surface area (Å²) < 4.78 is 5.15. The van der Waals surface area contributed by atoms with Gasteiger partial charge in [0.25, 0.3) is 0 Å². The second-order valence-corrected chi connectivity index (χ2v) is 5.96. The van der Waals surface area contributed by atoms with Gasteiger partial charge in [-0.2, -0.15) is 0 Å². The van der Waals surface area contributed by atoms with Gasteiger partial charge in [-0.1, -0.05) is 0 Å². The smallest absolute Gasteiger partial charge is 0.407 e. The van der Waals surface area contributed by atoms with Crippen LogP contribution >= 0.6 is 0 Å². The number of amides is 1. The number of rotatable bonds is 6.